The minimum Gasteiger partial charge on any atom is -0.493 e. The van der Waals surface area contributed by atoms with Crippen LogP contribution in [0.25, 0.3) is 0 Å². The van der Waals surface area contributed by atoms with Crippen molar-refractivity contribution in [2.24, 2.45) is 0 Å². The minimum atomic E-state index is -4.60. The van der Waals surface area contributed by atoms with Gasteiger partial charge in [-0.2, -0.15) is 18.2 Å². The quantitative estimate of drug-likeness (QED) is 0.710. The lowest BCUT2D eigenvalue weighted by atomic mass is 10.1. The Morgan fingerprint density at radius 1 is 1.16 bits per heavy atom. The second kappa shape index (κ2) is 9.79. The zero-order valence-electron chi connectivity index (χ0n) is 17.7. The second-order valence-corrected chi connectivity index (χ2v) is 6.89. The molecule has 0 saturated carbocycles. The van der Waals surface area contributed by atoms with Gasteiger partial charge in [0.2, 0.25) is 5.75 Å². The van der Waals surface area contributed by atoms with Crippen molar-refractivity contribution in [1.82, 2.24) is 14.9 Å². The number of ether oxygens (including phenoxy) is 4. The lowest BCUT2D eigenvalue weighted by Crippen LogP contribution is -2.46. The predicted molar refractivity (Wildman–Crippen MR) is 107 cm³/mol. The highest BCUT2D eigenvalue weighted by Gasteiger charge is 2.33. The molecule has 174 valence electrons. The van der Waals surface area contributed by atoms with Crippen LogP contribution in [0.3, 0.4) is 0 Å². The summed E-state index contributed by atoms with van der Waals surface area (Å²) in [6.45, 7) is 0.620. The van der Waals surface area contributed by atoms with E-state index in [0.717, 1.165) is 12.3 Å². The summed E-state index contributed by atoms with van der Waals surface area (Å²) in [4.78, 5) is 21.4. The summed E-state index contributed by atoms with van der Waals surface area (Å²) < 4.78 is 59.9. The molecule has 1 aliphatic heterocycles. The van der Waals surface area contributed by atoms with Gasteiger partial charge < -0.3 is 29.2 Å². The lowest BCUT2D eigenvalue weighted by Gasteiger charge is -2.32. The first kappa shape index (κ1) is 23.2. The van der Waals surface area contributed by atoms with Crippen LogP contribution in [0, 0.1) is 0 Å². The number of hydrogen-bond acceptors (Lipinski definition) is 7. The number of halogens is 3. The van der Waals surface area contributed by atoms with Gasteiger partial charge in [-0.05, 0) is 18.9 Å². The zero-order valence-corrected chi connectivity index (χ0v) is 17.7. The molecule has 9 nitrogen and oxygen atoms in total. The van der Waals surface area contributed by atoms with E-state index in [1.165, 1.54) is 26.2 Å². The molecule has 1 aromatic carbocycles. The Labute approximate surface area is 182 Å². The molecule has 1 aromatic heterocycles. The van der Waals surface area contributed by atoms with Crippen molar-refractivity contribution < 1.29 is 36.9 Å². The van der Waals surface area contributed by atoms with Crippen molar-refractivity contribution in [3.63, 3.8) is 0 Å². The van der Waals surface area contributed by atoms with Crippen LogP contribution in [0.2, 0.25) is 0 Å². The number of aromatic nitrogens is 2. The molecule has 0 radical (unpaired) electrons. The van der Waals surface area contributed by atoms with Crippen LogP contribution >= 0.6 is 0 Å². The first-order valence-corrected chi connectivity index (χ1v) is 9.68. The Morgan fingerprint density at radius 2 is 1.84 bits per heavy atom. The first-order chi connectivity index (χ1) is 15.2. The lowest BCUT2D eigenvalue weighted by molar-refractivity contribution is -0.141. The Balaban J connectivity index is 1.67. The van der Waals surface area contributed by atoms with E-state index in [1.54, 1.807) is 12.1 Å². The summed E-state index contributed by atoms with van der Waals surface area (Å²) in [5, 5.41) is 2.76. The molecule has 1 unspecified atom stereocenters. The number of carbonyl (C=O) groups excluding carboxylic acids is 1. The van der Waals surface area contributed by atoms with Gasteiger partial charge in [0.05, 0.1) is 33.6 Å². The number of methoxy groups -OCH3 is 3. The Kier molecular flexibility index (Phi) is 7.11. The fourth-order valence-electron chi connectivity index (χ4n) is 3.28. The summed E-state index contributed by atoms with van der Waals surface area (Å²) in [6.07, 6.45) is -3.00. The van der Waals surface area contributed by atoms with Crippen molar-refractivity contribution in [2.45, 2.75) is 25.1 Å². The van der Waals surface area contributed by atoms with Crippen molar-refractivity contribution in [3.8, 4) is 23.3 Å². The third-order valence-corrected chi connectivity index (χ3v) is 4.78. The third-order valence-electron chi connectivity index (χ3n) is 4.78. The van der Waals surface area contributed by atoms with Crippen LogP contribution in [0.1, 0.15) is 18.5 Å². The van der Waals surface area contributed by atoms with Crippen molar-refractivity contribution in [3.05, 3.63) is 30.1 Å². The highest BCUT2D eigenvalue weighted by Crippen LogP contribution is 2.40. The molecule has 3 rings (SSSR count). The van der Waals surface area contributed by atoms with E-state index in [1.807, 2.05) is 0 Å². The SMILES string of the molecule is COc1cc(NC(=O)N2CCCC(Oc3nccc(C(F)(F)F)n3)C2)cc(OC)c1OC. The monoisotopic (exact) mass is 456 g/mol. The van der Waals surface area contributed by atoms with Gasteiger partial charge in [0.1, 0.15) is 6.10 Å². The van der Waals surface area contributed by atoms with E-state index in [9.17, 15) is 18.0 Å². The molecule has 1 atom stereocenters. The molecular weight excluding hydrogens is 433 g/mol. The van der Waals surface area contributed by atoms with Crippen molar-refractivity contribution in [1.29, 1.82) is 0 Å². The summed E-state index contributed by atoms with van der Waals surface area (Å²) in [7, 11) is 4.40. The maximum Gasteiger partial charge on any atom is 0.433 e. The van der Waals surface area contributed by atoms with E-state index in [4.69, 9.17) is 18.9 Å². The van der Waals surface area contributed by atoms with Crippen molar-refractivity contribution >= 4 is 11.7 Å². The summed E-state index contributed by atoms with van der Waals surface area (Å²) in [6, 6.07) is 3.17. The highest BCUT2D eigenvalue weighted by atomic mass is 19.4. The zero-order chi connectivity index (χ0) is 23.3. The standard InChI is InChI=1S/C20H23F3N4O5/c1-29-14-9-12(10-15(30-2)17(14)31-3)25-19(28)27-8-4-5-13(11-27)32-18-24-7-6-16(26-18)20(21,22)23/h6-7,9-10,13H,4-5,8,11H2,1-3H3,(H,25,28). The van der Waals surface area contributed by atoms with Crippen LogP contribution in [0.15, 0.2) is 24.4 Å². The number of nitrogens with zero attached hydrogens (tertiary/aromatic N) is 3. The van der Waals surface area contributed by atoms with E-state index in [0.29, 0.717) is 42.3 Å². The average Bonchev–Trinajstić information content (AvgIpc) is 2.78. The van der Waals surface area contributed by atoms with E-state index >= 15 is 0 Å². The second-order valence-electron chi connectivity index (χ2n) is 6.89. The van der Waals surface area contributed by atoms with Gasteiger partial charge in [-0.25, -0.2) is 9.78 Å². The van der Waals surface area contributed by atoms with Gasteiger partial charge in [0, 0.05) is 24.9 Å². The number of benzene rings is 1. The molecule has 0 bridgehead atoms. The molecule has 2 heterocycles. The normalized spacial score (nSPS) is 16.3. The molecule has 2 amide bonds. The topological polar surface area (TPSA) is 95.0 Å². The number of hydrogen-bond donors (Lipinski definition) is 1. The first-order valence-electron chi connectivity index (χ1n) is 9.68. The molecule has 2 aromatic rings. The number of amides is 2. The average molecular weight is 456 g/mol. The van der Waals surface area contributed by atoms with Crippen molar-refractivity contribution in [2.75, 3.05) is 39.7 Å². The van der Waals surface area contributed by atoms with E-state index < -0.39 is 24.0 Å². The van der Waals surface area contributed by atoms with Gasteiger partial charge in [0.25, 0.3) is 0 Å². The Hall–Kier alpha value is -3.44. The number of carbonyl (C=O) groups is 1. The smallest absolute Gasteiger partial charge is 0.433 e. The van der Waals surface area contributed by atoms with Gasteiger partial charge in [-0.3, -0.25) is 0 Å². The van der Waals surface area contributed by atoms with Gasteiger partial charge in [-0.15, -0.1) is 0 Å². The number of anilines is 1. The minimum absolute atomic E-state index is 0.163. The Bertz CT molecular complexity index is 932. The van der Waals surface area contributed by atoms with Gasteiger partial charge in [0.15, 0.2) is 17.2 Å². The molecule has 12 heteroatoms. The molecule has 1 saturated heterocycles. The number of urea groups is 1. The van der Waals surface area contributed by atoms with Crippen LogP contribution in [-0.2, 0) is 6.18 Å². The molecule has 1 N–H and O–H groups in total. The van der Waals surface area contributed by atoms with Crippen LogP contribution < -0.4 is 24.3 Å². The molecular formula is C20H23F3N4O5. The van der Waals surface area contributed by atoms with Gasteiger partial charge >= 0.3 is 18.2 Å². The summed E-state index contributed by atoms with van der Waals surface area (Å²) >= 11 is 0. The number of rotatable bonds is 6. The number of alkyl halides is 3. The number of nitrogens with one attached hydrogen (secondary N) is 1. The number of likely N-dealkylation sites (tertiary alicyclic amines) is 1. The molecule has 1 fully saturated rings. The molecule has 32 heavy (non-hydrogen) atoms. The van der Waals surface area contributed by atoms with E-state index in [-0.39, 0.29) is 12.6 Å². The number of piperidine rings is 1. The van der Waals surface area contributed by atoms with Crippen LogP contribution in [0.5, 0.6) is 23.3 Å². The van der Waals surface area contributed by atoms with E-state index in [2.05, 4.69) is 15.3 Å². The fraction of sp³-hybridized carbons (Fsp3) is 0.450. The summed E-state index contributed by atoms with van der Waals surface area (Å²) in [5.41, 5.74) is -0.663. The maximum atomic E-state index is 12.8. The molecule has 0 aliphatic carbocycles. The molecule has 1 aliphatic rings. The highest BCUT2D eigenvalue weighted by molar-refractivity contribution is 5.90. The molecule has 0 spiro atoms. The third kappa shape index (κ3) is 5.42. The Morgan fingerprint density at radius 3 is 2.44 bits per heavy atom. The van der Waals surface area contributed by atoms with Crippen LogP contribution in [-0.4, -0.2) is 61.4 Å². The van der Waals surface area contributed by atoms with Crippen LogP contribution in [0.4, 0.5) is 23.7 Å². The summed E-state index contributed by atoms with van der Waals surface area (Å²) in [5.74, 6) is 1.15. The maximum absolute atomic E-state index is 12.8. The predicted octanol–water partition coefficient (Wildman–Crippen LogP) is 3.60. The fourth-order valence-corrected chi connectivity index (χ4v) is 3.28. The largest absolute Gasteiger partial charge is 0.493 e. The van der Waals surface area contributed by atoms with Gasteiger partial charge in [-0.1, -0.05) is 0 Å².